The van der Waals surface area contributed by atoms with Gasteiger partial charge in [0.2, 0.25) is 104 Å². The fourth-order valence-corrected chi connectivity index (χ4v) is 10.1. The number of ether oxygens (including phenoxy) is 6. The molecular formula is C33H47N7Na11O50S11-5. The Kier molecular flexibility index (Phi) is 81.3. The van der Waals surface area contributed by atoms with Gasteiger partial charge in [-0.1, -0.05) is 16.5 Å². The number of nitrogens with zero attached hydrogens (tertiary/aromatic N) is 7. The smallest absolute Gasteiger partial charge is 0.726 e. The van der Waals surface area contributed by atoms with Crippen LogP contribution in [0, 0.1) is 38.7 Å². The Morgan fingerprint density at radius 3 is 1.28 bits per heavy atom. The molecule has 3 fully saturated rings. The molecule has 0 saturated carbocycles. The van der Waals surface area contributed by atoms with E-state index in [4.69, 9.17) is 116 Å². The van der Waals surface area contributed by atoms with Gasteiger partial charge in [-0.3, -0.25) is 68.5 Å². The van der Waals surface area contributed by atoms with E-state index in [1.807, 2.05) is 0 Å². The number of aliphatic hydroxyl groups excluding tert-OH is 1. The van der Waals surface area contributed by atoms with Crippen LogP contribution >= 0.6 is 0 Å². The van der Waals surface area contributed by atoms with Crippen molar-refractivity contribution in [1.29, 1.82) is 0 Å². The average Bonchev–Trinajstić information content (AvgIpc) is 0.879. The van der Waals surface area contributed by atoms with E-state index in [2.05, 4.69) is 41.5 Å². The summed E-state index contributed by atoms with van der Waals surface area (Å²) in [5.74, 6) is 0. The standard InChI is InChI=1S/C33H47N7O30S6.11Na.5H2O4S/c1-38-12-20(34-36-38)3-2-8-39-13-21(35-37-39)15-61-32-27(69-75(54,55)56)11-26(30(67-32)18-64-74(51,52)53)66-33-28(70-76(57,58)59)10-25(29(68-33)17-63-73(48,49)50)65-31-7-5-22(16-60-31)40(71(42,43)44)23-9-19(4-6-24(23)41)14-62-72(45,46)47;;;;;;;;;;;;5*1-5(2,3)4/h4,6-7,9-13,16,22-33,41H,2-3,5,8,14-15,17-18H2,1H3,(H,42,43,44)(H,45,46,47)(H,48,49,50)(H,51,52,53)(H,54,55,56)(H,57,58,59);;;;;;;;;;;;5*(H2,1,2,3,4)/q-6;11*+1;;;;;/p-10/t22-,23-,24+,25-,26-,27?,28?,29?,30?,31+,32+,33-;;;;;;;;;;;;;;;;/m0................/s1. The van der Waals surface area contributed by atoms with Crippen molar-refractivity contribution in [3.8, 4) is 0 Å². The summed E-state index contributed by atoms with van der Waals surface area (Å²) >= 11 is 0. The third-order valence-electron chi connectivity index (χ3n) is 10.3. The predicted molar refractivity (Wildman–Crippen MR) is 289 cm³/mol. The van der Waals surface area contributed by atoms with Crippen molar-refractivity contribution in [1.82, 2.24) is 34.3 Å². The monoisotopic (exact) mass is 1950 g/mol. The van der Waals surface area contributed by atoms with Gasteiger partial charge in [-0.15, -0.1) is 16.2 Å². The minimum atomic E-state index is -5.86. The van der Waals surface area contributed by atoms with Crippen LogP contribution in [0.25, 0.3) is 0 Å². The molecule has 12 atom stereocenters. The quantitative estimate of drug-likeness (QED) is 0.0189. The Morgan fingerprint density at radius 1 is 0.518 bits per heavy atom. The second kappa shape index (κ2) is 64.0. The van der Waals surface area contributed by atoms with Crippen LogP contribution in [-0.2, 0) is 190 Å². The number of rotatable bonds is 27. The Balaban J connectivity index is -0.000000273. The van der Waals surface area contributed by atoms with Gasteiger partial charge >= 0.3 is 335 Å². The normalized spacial score (nSPS) is 22.6. The van der Waals surface area contributed by atoms with Gasteiger partial charge in [0.05, 0.1) is 50.5 Å². The first-order valence-electron chi connectivity index (χ1n) is 24.5. The van der Waals surface area contributed by atoms with E-state index < -0.39 is 221 Å². The third-order valence-corrected chi connectivity index (χ3v) is 13.5. The molecule has 3 saturated heterocycles. The van der Waals surface area contributed by atoms with Gasteiger partial charge in [-0.25, -0.2) is 100 Å². The van der Waals surface area contributed by atoms with Crippen molar-refractivity contribution in [3.63, 3.8) is 0 Å². The van der Waals surface area contributed by atoms with Gasteiger partial charge < -0.3 is 100 Å². The second-order valence-corrected chi connectivity index (χ2v) is 28.9. The van der Waals surface area contributed by atoms with Gasteiger partial charge in [0.15, 0.2) is 12.6 Å². The predicted octanol–water partition coefficient (Wildman–Crippen LogP) is -44.0. The molecule has 596 valence electrons. The van der Waals surface area contributed by atoms with Crippen molar-refractivity contribution < 1.29 is 545 Å². The van der Waals surface area contributed by atoms with Crippen molar-refractivity contribution >= 4 is 114 Å². The van der Waals surface area contributed by atoms with E-state index in [1.165, 1.54) is 15.6 Å². The maximum absolute atomic E-state index is 12.6. The van der Waals surface area contributed by atoms with Crippen molar-refractivity contribution in [2.45, 2.75) is 106 Å². The molecule has 6 rings (SSSR count). The Bertz CT molecular complexity index is 4140. The van der Waals surface area contributed by atoms with Crippen LogP contribution in [0.15, 0.2) is 24.0 Å². The first kappa shape index (κ1) is 142. The van der Waals surface area contributed by atoms with Crippen molar-refractivity contribution in [2.75, 3.05) is 19.8 Å². The average molecular weight is 1950 g/mol. The largest absolute Gasteiger partial charge is 1.00 e. The Morgan fingerprint density at radius 2 is 0.911 bits per heavy atom. The van der Waals surface area contributed by atoms with Gasteiger partial charge in [-0.2, -0.15) is 21.4 Å². The third kappa shape index (κ3) is 79.4. The van der Waals surface area contributed by atoms with Crippen LogP contribution < -0.4 is 325 Å². The molecule has 5 heterocycles. The zero-order chi connectivity index (χ0) is 78.5. The molecule has 3 aliphatic heterocycles. The number of aryl methyl sites for hydroxylation is 3. The first-order valence-corrected chi connectivity index (χ1v) is 39.4. The van der Waals surface area contributed by atoms with Crippen LogP contribution in [-0.4, -0.2) is 298 Å². The molecular weight excluding hydrogens is 1900 g/mol. The van der Waals surface area contributed by atoms with Crippen LogP contribution in [0.2, 0.25) is 0 Å². The second-order valence-electron chi connectivity index (χ2n) is 18.1. The molecule has 4 unspecified atom stereocenters. The summed E-state index contributed by atoms with van der Waals surface area (Å²) in [7, 11) is -56.3. The maximum atomic E-state index is 12.6. The summed E-state index contributed by atoms with van der Waals surface area (Å²) in [6.07, 6.45) is -11.6. The van der Waals surface area contributed by atoms with Crippen LogP contribution in [0.1, 0.15) is 24.2 Å². The van der Waals surface area contributed by atoms with Crippen molar-refractivity contribution in [3.05, 3.63) is 74.1 Å². The van der Waals surface area contributed by atoms with Gasteiger partial charge in [0.25, 0.3) is 0 Å². The molecule has 2 aromatic heterocycles. The summed E-state index contributed by atoms with van der Waals surface area (Å²) < 4.78 is 433. The van der Waals surface area contributed by atoms with E-state index in [-0.39, 0.29) is 336 Å². The molecule has 0 amide bonds. The maximum Gasteiger partial charge on any atom is 1.00 e. The van der Waals surface area contributed by atoms with E-state index in [9.17, 15) is 82.9 Å². The van der Waals surface area contributed by atoms with Crippen LogP contribution in [0.5, 0.6) is 0 Å². The zero-order valence-corrected chi connectivity index (χ0v) is 90.6. The van der Waals surface area contributed by atoms with Crippen LogP contribution in [0.4, 0.5) is 0 Å². The van der Waals surface area contributed by atoms with Gasteiger partial charge in [0.1, 0.15) is 5.69 Å². The summed E-state index contributed by atoms with van der Waals surface area (Å²) in [5, 5.41) is 26.3. The molecule has 2 aromatic rings. The molecule has 7 N–H and O–H groups in total. The topological polar surface area (TPSA) is 914 Å². The number of hydrogen-bond acceptors (Lipinski definition) is 48. The van der Waals surface area contributed by atoms with E-state index in [1.54, 1.807) is 13.2 Å². The molecule has 0 bridgehead atoms. The fourth-order valence-electron chi connectivity index (χ4n) is 7.38. The molecule has 112 heavy (non-hydrogen) atoms. The summed E-state index contributed by atoms with van der Waals surface area (Å²) in [5.41, 5.74) is 0.616. The first-order chi connectivity index (χ1) is 45.1. The summed E-state index contributed by atoms with van der Waals surface area (Å²) in [6, 6.07) is -3.25. The Hall–Kier alpha value is 7.18. The minimum Gasteiger partial charge on any atom is -0.726 e. The summed E-state index contributed by atoms with van der Waals surface area (Å²) in [6.45, 7) is -3.15. The fraction of sp³-hybridized carbons (Fsp3) is 0.636. The zero-order valence-electron chi connectivity index (χ0n) is 59.6. The minimum absolute atomic E-state index is 0. The molecule has 57 nitrogen and oxygen atoms in total. The van der Waals surface area contributed by atoms with Gasteiger partial charge in [-0.05, 0) is 37.4 Å². The van der Waals surface area contributed by atoms with Gasteiger partial charge in [0, 0.05) is 32.0 Å². The molecule has 1 aliphatic carbocycles. The van der Waals surface area contributed by atoms with E-state index in [0.717, 1.165) is 31.9 Å². The number of aliphatic hydroxyl groups is 1. The summed E-state index contributed by atoms with van der Waals surface area (Å²) in [4.78, 5) is 0. The van der Waals surface area contributed by atoms with E-state index in [0.29, 0.717) is 42.2 Å². The molecule has 4 aliphatic rings. The van der Waals surface area contributed by atoms with Crippen molar-refractivity contribution in [2.24, 2.45) is 7.05 Å². The van der Waals surface area contributed by atoms with E-state index >= 15 is 0 Å². The molecule has 79 heteroatoms. The molecule has 0 spiro atoms. The SMILES string of the molecule is Cn1cc(CCCn2cc(CO[C@@H]3OC(COS(=O)(=O)[O-])[C@@H](O[C@H]4OC(COS(=O)(=O)[O-])[C@@H](O[C@@H]5[CH-]C[C@H](N([C@H]6C=C(COS(=O)(=O)[O-])[CH-][CH-][C@H]6O)S(=O)(=O)O)[CH-]O5)[CH-]C4OS(=O)(=O)[O-])[CH-]C3OS(=O)(=O)[O-])nn2)nn1.O=S(=O)([O-])O.O=S(=O)([O-])O.O=S(=O)([O-])O.O=S(=O)([O-])O.O=S(=O)([O-])O.[Na+].[Na+].[Na+].[Na+].[Na+].[Na+].[Na+].[Na+].[Na+].[Na+].[Na+]. The number of aromatic nitrogens is 6. The Labute approximate surface area is 884 Å². The number of hydrogen-bond donors (Lipinski definition) is 7. The molecule has 0 aromatic carbocycles. The van der Waals surface area contributed by atoms with Crippen LogP contribution in [0.3, 0.4) is 0 Å². The molecule has 0 radical (unpaired) electrons.